The molecule has 2 atom stereocenters. The first-order chi connectivity index (χ1) is 12.7. The SMILES string of the molecule is CN=C(NCc1ccc(N2CC=CC2)cc1)NC(C)COC1CCOC1. The quantitative estimate of drug-likeness (QED) is 0.443. The van der Waals surface area contributed by atoms with Crippen molar-refractivity contribution >= 4 is 11.6 Å². The van der Waals surface area contributed by atoms with Crippen molar-refractivity contribution in [3.05, 3.63) is 42.0 Å². The summed E-state index contributed by atoms with van der Waals surface area (Å²) < 4.78 is 11.2. The van der Waals surface area contributed by atoms with Crippen LogP contribution in [0.3, 0.4) is 0 Å². The summed E-state index contributed by atoms with van der Waals surface area (Å²) in [5.41, 5.74) is 2.50. The van der Waals surface area contributed by atoms with Gasteiger partial charge in [0.05, 0.1) is 19.3 Å². The molecule has 0 aliphatic carbocycles. The van der Waals surface area contributed by atoms with Crippen molar-refractivity contribution in [2.24, 2.45) is 4.99 Å². The van der Waals surface area contributed by atoms with Crippen LogP contribution < -0.4 is 15.5 Å². The zero-order chi connectivity index (χ0) is 18.2. The minimum Gasteiger partial charge on any atom is -0.379 e. The van der Waals surface area contributed by atoms with Crippen LogP contribution in [0.5, 0.6) is 0 Å². The van der Waals surface area contributed by atoms with Crippen molar-refractivity contribution in [1.29, 1.82) is 0 Å². The minimum atomic E-state index is 0.187. The van der Waals surface area contributed by atoms with E-state index in [0.29, 0.717) is 13.2 Å². The van der Waals surface area contributed by atoms with Crippen molar-refractivity contribution in [3.8, 4) is 0 Å². The number of hydrogen-bond donors (Lipinski definition) is 2. The van der Waals surface area contributed by atoms with Crippen LogP contribution in [0, 0.1) is 0 Å². The van der Waals surface area contributed by atoms with E-state index in [2.05, 4.69) is 63.9 Å². The van der Waals surface area contributed by atoms with Gasteiger partial charge in [0.1, 0.15) is 0 Å². The predicted molar refractivity (Wildman–Crippen MR) is 106 cm³/mol. The highest BCUT2D eigenvalue weighted by atomic mass is 16.5. The minimum absolute atomic E-state index is 0.187. The van der Waals surface area contributed by atoms with Crippen molar-refractivity contribution in [2.45, 2.75) is 32.0 Å². The molecule has 2 heterocycles. The van der Waals surface area contributed by atoms with Gasteiger partial charge in [-0.2, -0.15) is 0 Å². The molecule has 0 saturated carbocycles. The van der Waals surface area contributed by atoms with Crippen LogP contribution in [-0.2, 0) is 16.0 Å². The molecule has 6 nitrogen and oxygen atoms in total. The van der Waals surface area contributed by atoms with E-state index in [1.807, 2.05) is 0 Å². The lowest BCUT2D eigenvalue weighted by Gasteiger charge is -2.20. The molecule has 0 amide bonds. The highest BCUT2D eigenvalue weighted by Crippen LogP contribution is 2.17. The number of guanidine groups is 1. The van der Waals surface area contributed by atoms with E-state index < -0.39 is 0 Å². The fraction of sp³-hybridized carbons (Fsp3) is 0.550. The van der Waals surface area contributed by atoms with E-state index >= 15 is 0 Å². The number of aliphatic imine (C=N–C) groups is 1. The molecule has 0 bridgehead atoms. The molecule has 6 heteroatoms. The van der Waals surface area contributed by atoms with Crippen LogP contribution in [0.15, 0.2) is 41.4 Å². The van der Waals surface area contributed by atoms with Gasteiger partial charge >= 0.3 is 0 Å². The van der Waals surface area contributed by atoms with Gasteiger partial charge in [-0.15, -0.1) is 0 Å². The fourth-order valence-corrected chi connectivity index (χ4v) is 3.09. The number of hydrogen-bond acceptors (Lipinski definition) is 4. The monoisotopic (exact) mass is 358 g/mol. The van der Waals surface area contributed by atoms with Crippen LogP contribution in [0.25, 0.3) is 0 Å². The predicted octanol–water partition coefficient (Wildman–Crippen LogP) is 1.92. The third-order valence-corrected chi connectivity index (χ3v) is 4.66. The Bertz CT molecular complexity index is 601. The van der Waals surface area contributed by atoms with E-state index in [-0.39, 0.29) is 12.1 Å². The van der Waals surface area contributed by atoms with Gasteiger partial charge < -0.3 is 25.0 Å². The topological polar surface area (TPSA) is 58.1 Å². The molecule has 1 fully saturated rings. The Morgan fingerprint density at radius 1 is 1.31 bits per heavy atom. The van der Waals surface area contributed by atoms with Crippen LogP contribution >= 0.6 is 0 Å². The average Bonchev–Trinajstić information content (AvgIpc) is 3.38. The van der Waals surface area contributed by atoms with Gasteiger partial charge in [0.25, 0.3) is 0 Å². The van der Waals surface area contributed by atoms with Gasteiger partial charge in [-0.25, -0.2) is 0 Å². The van der Waals surface area contributed by atoms with E-state index in [1.54, 1.807) is 7.05 Å². The molecule has 2 N–H and O–H groups in total. The van der Waals surface area contributed by atoms with Crippen molar-refractivity contribution in [3.63, 3.8) is 0 Å². The van der Waals surface area contributed by atoms with E-state index in [1.165, 1.54) is 11.3 Å². The van der Waals surface area contributed by atoms with Gasteiger partial charge in [0.15, 0.2) is 5.96 Å². The molecule has 0 aromatic heterocycles. The molecule has 0 spiro atoms. The normalized spacial score (nSPS) is 21.2. The van der Waals surface area contributed by atoms with E-state index in [9.17, 15) is 0 Å². The second-order valence-corrected chi connectivity index (χ2v) is 6.83. The highest BCUT2D eigenvalue weighted by molar-refractivity contribution is 5.79. The standard InChI is InChI=1S/C20H30N4O2/c1-16(14-26-19-9-12-25-15-19)23-20(21-2)22-13-17-5-7-18(8-6-17)24-10-3-4-11-24/h3-8,16,19H,9-15H2,1-2H3,(H2,21,22,23). The first kappa shape index (κ1) is 18.7. The molecule has 142 valence electrons. The Labute approximate surface area is 156 Å². The number of benzene rings is 1. The Morgan fingerprint density at radius 2 is 2.08 bits per heavy atom. The largest absolute Gasteiger partial charge is 0.379 e. The molecule has 2 unspecified atom stereocenters. The summed E-state index contributed by atoms with van der Waals surface area (Å²) in [6.45, 7) is 7.01. The summed E-state index contributed by atoms with van der Waals surface area (Å²) in [4.78, 5) is 6.64. The highest BCUT2D eigenvalue weighted by Gasteiger charge is 2.17. The summed E-state index contributed by atoms with van der Waals surface area (Å²) in [5.74, 6) is 0.789. The maximum Gasteiger partial charge on any atom is 0.191 e. The summed E-state index contributed by atoms with van der Waals surface area (Å²) in [5, 5.41) is 6.74. The third kappa shape index (κ3) is 5.47. The summed E-state index contributed by atoms with van der Waals surface area (Å²) >= 11 is 0. The van der Waals surface area contributed by atoms with Gasteiger partial charge in [-0.1, -0.05) is 24.3 Å². The third-order valence-electron chi connectivity index (χ3n) is 4.66. The molecular weight excluding hydrogens is 328 g/mol. The zero-order valence-electron chi connectivity index (χ0n) is 15.8. The lowest BCUT2D eigenvalue weighted by atomic mass is 10.2. The molecule has 0 radical (unpaired) electrons. The molecule has 1 aromatic carbocycles. The second kappa shape index (κ2) is 9.59. The first-order valence-electron chi connectivity index (χ1n) is 9.40. The van der Waals surface area contributed by atoms with Crippen LogP contribution in [0.4, 0.5) is 5.69 Å². The van der Waals surface area contributed by atoms with Crippen LogP contribution in [0.2, 0.25) is 0 Å². The first-order valence-corrected chi connectivity index (χ1v) is 9.40. The lowest BCUT2D eigenvalue weighted by Crippen LogP contribution is -2.44. The number of ether oxygens (including phenoxy) is 2. The van der Waals surface area contributed by atoms with Crippen LogP contribution in [-0.4, -0.2) is 58.1 Å². The van der Waals surface area contributed by atoms with Gasteiger partial charge in [-0.05, 0) is 31.0 Å². The molecule has 1 saturated heterocycles. The van der Waals surface area contributed by atoms with Gasteiger partial charge in [0, 0.05) is 45.0 Å². The summed E-state index contributed by atoms with van der Waals surface area (Å²) in [6.07, 6.45) is 5.63. The van der Waals surface area contributed by atoms with Crippen molar-refractivity contribution < 1.29 is 9.47 Å². The van der Waals surface area contributed by atoms with Crippen LogP contribution in [0.1, 0.15) is 18.9 Å². The Kier molecular flexibility index (Phi) is 6.91. The lowest BCUT2D eigenvalue weighted by molar-refractivity contribution is 0.0347. The van der Waals surface area contributed by atoms with E-state index in [4.69, 9.17) is 9.47 Å². The molecule has 3 rings (SSSR count). The molecule has 1 aromatic rings. The van der Waals surface area contributed by atoms with Crippen molar-refractivity contribution in [2.75, 3.05) is 44.9 Å². The van der Waals surface area contributed by atoms with Gasteiger partial charge in [0.2, 0.25) is 0 Å². The summed E-state index contributed by atoms with van der Waals surface area (Å²) in [7, 11) is 1.79. The maximum absolute atomic E-state index is 5.85. The number of nitrogens with zero attached hydrogens (tertiary/aromatic N) is 2. The second-order valence-electron chi connectivity index (χ2n) is 6.83. The molecule has 2 aliphatic heterocycles. The number of nitrogens with one attached hydrogen (secondary N) is 2. The maximum atomic E-state index is 5.85. The molecule has 2 aliphatic rings. The van der Waals surface area contributed by atoms with Gasteiger partial charge in [-0.3, -0.25) is 4.99 Å². The Morgan fingerprint density at radius 3 is 2.73 bits per heavy atom. The van der Waals surface area contributed by atoms with E-state index in [0.717, 1.165) is 38.6 Å². The number of anilines is 1. The number of rotatable bonds is 7. The molecule has 26 heavy (non-hydrogen) atoms. The Balaban J connectivity index is 1.40. The average molecular weight is 358 g/mol. The zero-order valence-corrected chi connectivity index (χ0v) is 15.8. The Hall–Kier alpha value is -2.05. The molecular formula is C20H30N4O2. The summed E-state index contributed by atoms with van der Waals surface area (Å²) in [6, 6.07) is 8.88. The smallest absolute Gasteiger partial charge is 0.191 e. The van der Waals surface area contributed by atoms with Crippen molar-refractivity contribution in [1.82, 2.24) is 10.6 Å². The fourth-order valence-electron chi connectivity index (χ4n) is 3.09.